The van der Waals surface area contributed by atoms with Crippen molar-refractivity contribution < 1.29 is 18.7 Å². The molecule has 3 aromatic rings. The van der Waals surface area contributed by atoms with E-state index in [1.54, 1.807) is 36.4 Å². The highest BCUT2D eigenvalue weighted by Crippen LogP contribution is 2.49. The van der Waals surface area contributed by atoms with Crippen LogP contribution in [0.15, 0.2) is 66.9 Å². The summed E-state index contributed by atoms with van der Waals surface area (Å²) >= 11 is 5.87. The normalized spacial score (nSPS) is 14.1. The SMILES string of the molecule is NC(=O)C1(C(=O)N(c2ccc(F)cc2)c2ccc(Oc3ccnc(Cl)c3)cc2)CC1. The molecule has 4 rings (SSSR count). The molecule has 0 aliphatic heterocycles. The summed E-state index contributed by atoms with van der Waals surface area (Å²) in [6, 6.07) is 15.4. The van der Waals surface area contributed by atoms with Crippen LogP contribution in [0.25, 0.3) is 0 Å². The van der Waals surface area contributed by atoms with Gasteiger partial charge in [0, 0.05) is 23.6 Å². The monoisotopic (exact) mass is 425 g/mol. The van der Waals surface area contributed by atoms with E-state index < -0.39 is 23.0 Å². The maximum Gasteiger partial charge on any atom is 0.247 e. The van der Waals surface area contributed by atoms with Crippen LogP contribution in [0.1, 0.15) is 12.8 Å². The molecule has 2 amide bonds. The van der Waals surface area contributed by atoms with Crippen molar-refractivity contribution in [3.63, 3.8) is 0 Å². The van der Waals surface area contributed by atoms with Crippen molar-refractivity contribution in [1.82, 2.24) is 4.98 Å². The van der Waals surface area contributed by atoms with Gasteiger partial charge in [-0.25, -0.2) is 9.37 Å². The predicted molar refractivity (Wildman–Crippen MR) is 110 cm³/mol. The molecule has 6 nitrogen and oxygen atoms in total. The number of carbonyl (C=O) groups excluding carboxylic acids is 2. The molecule has 1 fully saturated rings. The Labute approximate surface area is 177 Å². The van der Waals surface area contributed by atoms with Crippen LogP contribution in [0, 0.1) is 11.2 Å². The first-order valence-corrected chi connectivity index (χ1v) is 9.56. The first kappa shape index (κ1) is 19.8. The molecule has 0 atom stereocenters. The highest BCUT2D eigenvalue weighted by Gasteiger charge is 2.57. The predicted octanol–water partition coefficient (Wildman–Crippen LogP) is 4.60. The Balaban J connectivity index is 1.66. The van der Waals surface area contributed by atoms with Crippen LogP contribution >= 0.6 is 11.6 Å². The summed E-state index contributed by atoms with van der Waals surface area (Å²) in [6.07, 6.45) is 2.31. The Hall–Kier alpha value is -3.45. The zero-order valence-corrected chi connectivity index (χ0v) is 16.5. The fourth-order valence-corrected chi connectivity index (χ4v) is 3.29. The molecular formula is C22H17ClFN3O3. The maximum atomic E-state index is 13.4. The van der Waals surface area contributed by atoms with Crippen LogP contribution in [0.5, 0.6) is 11.5 Å². The van der Waals surface area contributed by atoms with E-state index in [-0.39, 0.29) is 0 Å². The highest BCUT2D eigenvalue weighted by molar-refractivity contribution is 6.29. The minimum Gasteiger partial charge on any atom is -0.457 e. The molecule has 0 radical (unpaired) electrons. The topological polar surface area (TPSA) is 85.5 Å². The number of hydrogen-bond donors (Lipinski definition) is 1. The molecule has 1 saturated carbocycles. The van der Waals surface area contributed by atoms with Crippen LogP contribution in [0.2, 0.25) is 5.15 Å². The van der Waals surface area contributed by atoms with Gasteiger partial charge in [0.1, 0.15) is 27.9 Å². The second-order valence-corrected chi connectivity index (χ2v) is 7.36. The number of hydrogen-bond acceptors (Lipinski definition) is 4. The van der Waals surface area contributed by atoms with E-state index in [1.807, 2.05) is 0 Å². The van der Waals surface area contributed by atoms with E-state index in [2.05, 4.69) is 4.98 Å². The molecular weight excluding hydrogens is 409 g/mol. The molecule has 30 heavy (non-hydrogen) atoms. The highest BCUT2D eigenvalue weighted by atomic mass is 35.5. The second-order valence-electron chi connectivity index (χ2n) is 6.97. The molecule has 1 heterocycles. The van der Waals surface area contributed by atoms with E-state index in [0.717, 1.165) is 0 Å². The van der Waals surface area contributed by atoms with Gasteiger partial charge in [-0.15, -0.1) is 0 Å². The number of carbonyl (C=O) groups is 2. The molecule has 0 saturated heterocycles. The lowest BCUT2D eigenvalue weighted by molar-refractivity contribution is -0.133. The summed E-state index contributed by atoms with van der Waals surface area (Å²) in [5, 5.41) is 0.304. The van der Waals surface area contributed by atoms with Crippen molar-refractivity contribution in [3.8, 4) is 11.5 Å². The number of nitrogens with zero attached hydrogens (tertiary/aromatic N) is 2. The van der Waals surface area contributed by atoms with Crippen molar-refractivity contribution >= 4 is 34.8 Å². The summed E-state index contributed by atoms with van der Waals surface area (Å²) < 4.78 is 19.2. The third-order valence-corrected chi connectivity index (χ3v) is 5.15. The summed E-state index contributed by atoms with van der Waals surface area (Å²) in [5.41, 5.74) is 5.20. The minimum absolute atomic E-state index is 0.304. The largest absolute Gasteiger partial charge is 0.457 e. The molecule has 1 aliphatic carbocycles. The first-order valence-electron chi connectivity index (χ1n) is 9.18. The Morgan fingerprint density at radius 2 is 1.60 bits per heavy atom. The number of pyridine rings is 1. The summed E-state index contributed by atoms with van der Waals surface area (Å²) in [6.45, 7) is 0. The van der Waals surface area contributed by atoms with Gasteiger partial charge in [0.25, 0.3) is 0 Å². The van der Waals surface area contributed by atoms with Gasteiger partial charge in [-0.1, -0.05) is 11.6 Å². The van der Waals surface area contributed by atoms with Crippen LogP contribution in [-0.4, -0.2) is 16.8 Å². The van der Waals surface area contributed by atoms with E-state index in [4.69, 9.17) is 22.1 Å². The Morgan fingerprint density at radius 3 is 2.13 bits per heavy atom. The molecule has 152 valence electrons. The first-order chi connectivity index (χ1) is 14.4. The molecule has 1 aliphatic rings. The van der Waals surface area contributed by atoms with Crippen molar-refractivity contribution in [2.75, 3.05) is 4.90 Å². The quantitative estimate of drug-likeness (QED) is 0.462. The number of primary amides is 1. The third kappa shape index (κ3) is 3.84. The van der Waals surface area contributed by atoms with E-state index in [9.17, 15) is 14.0 Å². The number of benzene rings is 2. The number of halogens is 2. The standard InChI is InChI=1S/C22H17ClFN3O3/c23-19-13-18(9-12-26-19)30-17-7-5-16(6-8-17)27(15-3-1-14(24)2-4-15)21(29)22(10-11-22)20(25)28/h1-9,12-13H,10-11H2,(H2,25,28). The molecule has 0 spiro atoms. The van der Waals surface area contributed by atoms with Crippen molar-refractivity contribution in [3.05, 3.63) is 77.8 Å². The van der Waals surface area contributed by atoms with E-state index in [1.165, 1.54) is 35.4 Å². The van der Waals surface area contributed by atoms with Gasteiger partial charge < -0.3 is 10.5 Å². The van der Waals surface area contributed by atoms with Crippen LogP contribution < -0.4 is 15.4 Å². The van der Waals surface area contributed by atoms with E-state index >= 15 is 0 Å². The molecule has 2 aromatic carbocycles. The van der Waals surface area contributed by atoms with Crippen LogP contribution in [-0.2, 0) is 9.59 Å². The average molecular weight is 426 g/mol. The van der Waals surface area contributed by atoms with Gasteiger partial charge in [-0.05, 0) is 67.4 Å². The Kier molecular flexibility index (Phi) is 5.13. The molecule has 8 heteroatoms. The van der Waals surface area contributed by atoms with Gasteiger partial charge in [0.15, 0.2) is 0 Å². The zero-order valence-electron chi connectivity index (χ0n) is 15.7. The van der Waals surface area contributed by atoms with Crippen molar-refractivity contribution in [1.29, 1.82) is 0 Å². The lowest BCUT2D eigenvalue weighted by atomic mass is 10.0. The summed E-state index contributed by atoms with van der Waals surface area (Å²) in [4.78, 5) is 30.4. The van der Waals surface area contributed by atoms with Gasteiger partial charge in [-0.2, -0.15) is 0 Å². The number of amides is 2. The second kappa shape index (κ2) is 7.76. The summed E-state index contributed by atoms with van der Waals surface area (Å²) in [5.74, 6) is -0.490. The minimum atomic E-state index is -1.22. The molecule has 0 bridgehead atoms. The third-order valence-electron chi connectivity index (χ3n) is 4.95. The van der Waals surface area contributed by atoms with E-state index in [0.29, 0.717) is 40.9 Å². The number of anilines is 2. The average Bonchev–Trinajstić information content (AvgIpc) is 3.53. The number of aromatic nitrogens is 1. The smallest absolute Gasteiger partial charge is 0.247 e. The van der Waals surface area contributed by atoms with Crippen LogP contribution in [0.4, 0.5) is 15.8 Å². The van der Waals surface area contributed by atoms with Gasteiger partial charge in [-0.3, -0.25) is 14.5 Å². The molecule has 2 N–H and O–H groups in total. The van der Waals surface area contributed by atoms with Gasteiger partial charge in [0.05, 0.1) is 0 Å². The van der Waals surface area contributed by atoms with Gasteiger partial charge >= 0.3 is 0 Å². The Morgan fingerprint density at radius 1 is 1.00 bits per heavy atom. The lowest BCUT2D eigenvalue weighted by Crippen LogP contribution is -2.41. The van der Waals surface area contributed by atoms with Crippen LogP contribution in [0.3, 0.4) is 0 Å². The lowest BCUT2D eigenvalue weighted by Gasteiger charge is -2.26. The zero-order chi connectivity index (χ0) is 21.3. The fraction of sp³-hybridized carbons (Fsp3) is 0.136. The fourth-order valence-electron chi connectivity index (χ4n) is 3.13. The molecule has 1 aromatic heterocycles. The number of rotatable bonds is 6. The molecule has 0 unspecified atom stereocenters. The number of nitrogens with two attached hydrogens (primary N) is 1. The summed E-state index contributed by atoms with van der Waals surface area (Å²) in [7, 11) is 0. The van der Waals surface area contributed by atoms with Crippen molar-refractivity contribution in [2.24, 2.45) is 11.1 Å². The van der Waals surface area contributed by atoms with Gasteiger partial charge in [0.2, 0.25) is 11.8 Å². The van der Waals surface area contributed by atoms with Crippen molar-refractivity contribution in [2.45, 2.75) is 12.8 Å². The Bertz CT molecular complexity index is 1100. The number of ether oxygens (including phenoxy) is 1. The maximum absolute atomic E-state index is 13.4.